The van der Waals surface area contributed by atoms with Crippen LogP contribution in [-0.2, 0) is 38.9 Å². The predicted molar refractivity (Wildman–Crippen MR) is 478 cm³/mol. The Morgan fingerprint density at radius 3 is 1.43 bits per heavy atom. The van der Waals surface area contributed by atoms with Crippen molar-refractivity contribution >= 4 is 71.6 Å². The molecular formula is C94H84Br2N16O10. The van der Waals surface area contributed by atoms with Crippen LogP contribution in [0.1, 0.15) is 82.2 Å². The van der Waals surface area contributed by atoms with E-state index < -0.39 is 0 Å². The van der Waals surface area contributed by atoms with Crippen molar-refractivity contribution in [2.45, 2.75) is 80.4 Å². The third kappa shape index (κ3) is 18.5. The molecule has 0 saturated carbocycles. The highest BCUT2D eigenvalue weighted by atomic mass is 79.9. The van der Waals surface area contributed by atoms with E-state index in [0.29, 0.717) is 71.7 Å². The lowest BCUT2D eigenvalue weighted by Crippen LogP contribution is -2.07. The van der Waals surface area contributed by atoms with Gasteiger partial charge in [-0.05, 0) is 226 Å². The van der Waals surface area contributed by atoms with Gasteiger partial charge in [0, 0.05) is 70.2 Å². The van der Waals surface area contributed by atoms with Crippen molar-refractivity contribution in [2.24, 2.45) is 0 Å². The molecule has 0 saturated heterocycles. The SMILES string of the molecule is CCc1cc(-c2ccc(C)o2)n(-c2ccc(NCc3ccc(OC)nc3)c(N)c2)n1.CCc1cc(-c2ccc(C)o2)n(-c2ccc3c(c2)nc(-c2cc(-c4cccnc4)ccc2O)n3Cc2ccc(=O)[nH]c2)n1.CCc1cc(-c2ccc(C)o2)n(-c2ccc3c(c2)nc(-c2cc(Br)ccc2O)n3Cc2ccc(OC)nc2)n1.O=Cc1cc(Br)ccc1O. The molecule has 0 amide bonds. The lowest BCUT2D eigenvalue weighted by molar-refractivity contribution is 0.112. The molecule has 614 valence electrons. The molecule has 12 heterocycles. The number of benzene rings is 6. The number of pyridine rings is 4. The Bertz CT molecular complexity index is 6810. The molecule has 6 aromatic carbocycles. The molecule has 7 N–H and O–H groups in total. The van der Waals surface area contributed by atoms with Gasteiger partial charge in [0.2, 0.25) is 17.3 Å². The van der Waals surface area contributed by atoms with E-state index in [1.807, 2.05) is 191 Å². The van der Waals surface area contributed by atoms with E-state index in [9.17, 15) is 19.8 Å². The van der Waals surface area contributed by atoms with E-state index in [-0.39, 0.29) is 22.8 Å². The first-order valence-corrected chi connectivity index (χ1v) is 40.7. The summed E-state index contributed by atoms with van der Waals surface area (Å²) in [7, 11) is 3.20. The number of hydrogen-bond donors (Lipinski definition) is 6. The van der Waals surface area contributed by atoms with Crippen LogP contribution in [0.4, 0.5) is 11.4 Å². The highest BCUT2D eigenvalue weighted by molar-refractivity contribution is 9.10. The van der Waals surface area contributed by atoms with Gasteiger partial charge in [-0.3, -0.25) is 14.6 Å². The second-order valence-electron chi connectivity index (χ2n) is 28.5. The number of aryl methyl sites for hydroxylation is 6. The fourth-order valence-electron chi connectivity index (χ4n) is 13.8. The van der Waals surface area contributed by atoms with E-state index >= 15 is 0 Å². The average Bonchev–Trinajstić information content (AvgIpc) is 1.61. The Kier molecular flexibility index (Phi) is 24.8. The normalized spacial score (nSPS) is 11.1. The molecule has 12 aromatic heterocycles. The monoisotopic (exact) mass is 1750 g/mol. The number of H-pyrrole nitrogens is 1. The van der Waals surface area contributed by atoms with Gasteiger partial charge in [0.05, 0.1) is 112 Å². The van der Waals surface area contributed by atoms with Crippen molar-refractivity contribution in [1.82, 2.24) is 68.4 Å². The van der Waals surface area contributed by atoms with Crippen molar-refractivity contribution in [1.29, 1.82) is 0 Å². The van der Waals surface area contributed by atoms with Gasteiger partial charge in [0.15, 0.2) is 23.6 Å². The molecule has 0 aliphatic carbocycles. The molecule has 0 aliphatic heterocycles. The Balaban J connectivity index is 0.000000136. The first-order valence-electron chi connectivity index (χ1n) is 39.1. The summed E-state index contributed by atoms with van der Waals surface area (Å²) in [5, 5.41) is 48.6. The average molecular weight is 1760 g/mol. The smallest absolute Gasteiger partial charge is 0.247 e. The summed E-state index contributed by atoms with van der Waals surface area (Å²) in [6, 6.07) is 66.2. The number of fused-ring (bicyclic) bond motifs is 2. The number of nitrogen functional groups attached to an aromatic ring is 1. The van der Waals surface area contributed by atoms with Crippen molar-refractivity contribution < 1.29 is 42.8 Å². The van der Waals surface area contributed by atoms with Crippen LogP contribution in [0.15, 0.2) is 270 Å². The van der Waals surface area contributed by atoms with Gasteiger partial charge in [-0.2, -0.15) is 15.3 Å². The number of aromatic hydroxyl groups is 3. The molecule has 28 heteroatoms. The third-order valence-corrected chi connectivity index (χ3v) is 21.1. The van der Waals surface area contributed by atoms with Crippen LogP contribution in [0.25, 0.3) is 107 Å². The van der Waals surface area contributed by atoms with Crippen LogP contribution in [0.3, 0.4) is 0 Å². The van der Waals surface area contributed by atoms with Crippen LogP contribution in [0.5, 0.6) is 29.0 Å². The molecular weight excluding hydrogens is 1670 g/mol. The number of furan rings is 3. The van der Waals surface area contributed by atoms with Gasteiger partial charge in [-0.1, -0.05) is 83.0 Å². The lowest BCUT2D eigenvalue weighted by Gasteiger charge is -2.12. The maximum absolute atomic E-state index is 11.7. The highest BCUT2D eigenvalue weighted by Crippen LogP contribution is 2.40. The van der Waals surface area contributed by atoms with Gasteiger partial charge in [0.25, 0.3) is 0 Å². The zero-order chi connectivity index (χ0) is 85.2. The summed E-state index contributed by atoms with van der Waals surface area (Å²) >= 11 is 6.70. The summed E-state index contributed by atoms with van der Waals surface area (Å²) in [4.78, 5) is 47.6. The number of anilines is 2. The number of carbonyl (C=O) groups excluding carboxylic acids is 1. The minimum atomic E-state index is -0.167. The van der Waals surface area contributed by atoms with Gasteiger partial charge in [0.1, 0.15) is 63.3 Å². The van der Waals surface area contributed by atoms with Crippen LogP contribution in [0.2, 0.25) is 0 Å². The highest BCUT2D eigenvalue weighted by Gasteiger charge is 2.24. The summed E-state index contributed by atoms with van der Waals surface area (Å²) in [6.45, 7) is 13.6. The molecule has 0 atom stereocenters. The van der Waals surface area contributed by atoms with Gasteiger partial charge >= 0.3 is 0 Å². The van der Waals surface area contributed by atoms with Crippen molar-refractivity contribution in [3.8, 4) is 114 Å². The summed E-state index contributed by atoms with van der Waals surface area (Å²) < 4.78 is 39.5. The van der Waals surface area contributed by atoms with Gasteiger partial charge in [-0.25, -0.2) is 34.0 Å². The molecule has 18 aromatic rings. The third-order valence-electron chi connectivity index (χ3n) is 20.2. The number of imidazole rings is 2. The van der Waals surface area contributed by atoms with E-state index in [1.54, 1.807) is 81.6 Å². The van der Waals surface area contributed by atoms with Crippen LogP contribution < -0.4 is 26.1 Å². The maximum atomic E-state index is 11.7. The number of rotatable bonds is 22. The topological polar surface area (TPSA) is 334 Å². The van der Waals surface area contributed by atoms with E-state index in [2.05, 4.69) is 94.6 Å². The summed E-state index contributed by atoms with van der Waals surface area (Å²) in [5.41, 5.74) is 25.4. The zero-order valence-corrected chi connectivity index (χ0v) is 70.9. The molecule has 0 bridgehead atoms. The maximum Gasteiger partial charge on any atom is 0.247 e. The number of nitrogens with one attached hydrogen (secondary N) is 2. The molecule has 0 radical (unpaired) electrons. The van der Waals surface area contributed by atoms with E-state index in [4.69, 9.17) is 58.8 Å². The number of aromatic nitrogens is 14. The summed E-state index contributed by atoms with van der Waals surface area (Å²) in [5.74, 6) is 7.49. The summed E-state index contributed by atoms with van der Waals surface area (Å²) in [6.07, 6.45) is 11.8. The largest absolute Gasteiger partial charge is 0.507 e. The molecule has 26 nitrogen and oxygen atoms in total. The van der Waals surface area contributed by atoms with Crippen molar-refractivity contribution in [3.63, 3.8) is 0 Å². The number of hydrogen-bond acceptors (Lipinski definition) is 20. The number of methoxy groups -OCH3 is 2. The molecule has 0 unspecified atom stereocenters. The minimum Gasteiger partial charge on any atom is -0.507 e. The second kappa shape index (κ2) is 36.7. The van der Waals surface area contributed by atoms with E-state index in [0.717, 1.165) is 170 Å². The molecule has 122 heavy (non-hydrogen) atoms. The number of nitrogens with two attached hydrogens (primary N) is 1. The van der Waals surface area contributed by atoms with Crippen LogP contribution >= 0.6 is 31.9 Å². The van der Waals surface area contributed by atoms with Crippen molar-refractivity contribution in [2.75, 3.05) is 25.3 Å². The second-order valence-corrected chi connectivity index (χ2v) is 30.4. The Labute approximate surface area is 717 Å². The quantitative estimate of drug-likeness (QED) is 0.0271. The minimum absolute atomic E-state index is 0.0122. The number of aromatic amines is 1. The zero-order valence-electron chi connectivity index (χ0n) is 67.8. The molecule has 0 aliphatic rings. The fraction of sp³-hybridized carbons (Fsp3) is 0.149. The standard InChI is InChI=1S/C34H28N6O3.C30H26BrN5O3.C23H25N5O2.C7H5BrO2/c1-3-25-16-30(32-12-6-21(2)43-32)40(38-25)26-9-10-29-28(17-26)37-34(39(29)20-22-7-13-33(42)36-18-22)27-15-23(8-11-31(27)41)24-5-4-14-35-19-24;1-4-21-14-26(28-11-5-18(2)39-28)36(34-21)22-8-9-25-24(15-22)33-30(23-13-20(31)7-10-27(23)37)35(25)17-19-6-12-29(38-3)32-16-19;1-4-17-11-21(22-9-5-15(2)30-22)28(27-17)18-7-8-20(19(24)12-18)25-13-16-6-10-23(29-3)26-14-16;8-6-1-2-7(10)5(3-6)4-9/h4-19,41H,3,20H2,1-2H3,(H,36,42);5-16,37H,4,17H2,1-3H3;5-12,14,25H,4,13,24H2,1-3H3;1-4,10H. The molecule has 0 fully saturated rings. The number of halogens is 2. The van der Waals surface area contributed by atoms with Gasteiger partial charge in [-0.15, -0.1) is 0 Å². The Morgan fingerprint density at radius 1 is 0.500 bits per heavy atom. The number of phenols is 3. The van der Waals surface area contributed by atoms with Crippen LogP contribution in [0, 0.1) is 20.8 Å². The fourth-order valence-corrected chi connectivity index (χ4v) is 14.6. The van der Waals surface area contributed by atoms with Gasteiger partial charge < -0.3 is 63.2 Å². The number of phenolic OH excluding ortho intramolecular Hbond substituents is 3. The first-order chi connectivity index (χ1) is 59.2. The Morgan fingerprint density at radius 2 is 0.984 bits per heavy atom. The molecule has 0 spiro atoms. The molecule has 18 rings (SSSR count). The first kappa shape index (κ1) is 82.5. The van der Waals surface area contributed by atoms with E-state index in [1.165, 1.54) is 12.1 Å². The number of aldehydes is 1. The lowest BCUT2D eigenvalue weighted by atomic mass is 10.0. The number of nitrogens with zero attached hydrogens (tertiary/aromatic N) is 13. The van der Waals surface area contributed by atoms with Crippen molar-refractivity contribution in [3.05, 3.63) is 319 Å². The number of ether oxygens (including phenoxy) is 2. The van der Waals surface area contributed by atoms with Crippen LogP contribution in [-0.4, -0.2) is 104 Å². The number of carbonyl (C=O) groups is 1. The predicted octanol–water partition coefficient (Wildman–Crippen LogP) is 20.0. The Hall–Kier alpha value is -14.6.